The fourth-order valence-electron chi connectivity index (χ4n) is 8.94. The zero-order valence-corrected chi connectivity index (χ0v) is 25.0. The second kappa shape index (κ2) is 12.2. The van der Waals surface area contributed by atoms with Gasteiger partial charge in [0, 0.05) is 56.6 Å². The number of rotatable bonds is 9. The van der Waals surface area contributed by atoms with Crippen molar-refractivity contribution in [3.8, 4) is 0 Å². The summed E-state index contributed by atoms with van der Waals surface area (Å²) >= 11 is 0. The first kappa shape index (κ1) is 28.1. The fourth-order valence-corrected chi connectivity index (χ4v) is 8.94. The van der Waals surface area contributed by atoms with Crippen LogP contribution in [0.2, 0.25) is 0 Å². The Balaban J connectivity index is 1.09. The van der Waals surface area contributed by atoms with Gasteiger partial charge < -0.3 is 14.9 Å². The summed E-state index contributed by atoms with van der Waals surface area (Å²) in [5.41, 5.74) is 4.99. The molecule has 3 aromatic carbocycles. The third kappa shape index (κ3) is 5.70. The van der Waals surface area contributed by atoms with E-state index in [4.69, 9.17) is 0 Å². The van der Waals surface area contributed by atoms with Crippen LogP contribution in [0.3, 0.4) is 0 Å². The van der Waals surface area contributed by atoms with Gasteiger partial charge in [0.1, 0.15) is 0 Å². The van der Waals surface area contributed by atoms with E-state index in [9.17, 15) is 14.7 Å². The maximum atomic E-state index is 14.3. The summed E-state index contributed by atoms with van der Waals surface area (Å²) in [6, 6.07) is 26.6. The number of aryl methyl sites for hydroxylation is 1. The van der Waals surface area contributed by atoms with Crippen LogP contribution in [0.15, 0.2) is 78.9 Å². The molecule has 0 spiro atoms. The van der Waals surface area contributed by atoms with Crippen molar-refractivity contribution in [2.24, 2.45) is 23.7 Å². The van der Waals surface area contributed by atoms with Crippen LogP contribution in [0.25, 0.3) is 0 Å². The van der Waals surface area contributed by atoms with E-state index in [-0.39, 0.29) is 5.91 Å². The Kier molecular flexibility index (Phi) is 7.96. The molecule has 43 heavy (non-hydrogen) atoms. The average molecular weight is 578 g/mol. The van der Waals surface area contributed by atoms with Crippen LogP contribution < -0.4 is 9.80 Å². The van der Waals surface area contributed by atoms with Gasteiger partial charge >= 0.3 is 5.97 Å². The lowest BCUT2D eigenvalue weighted by atomic mass is 9.78. The van der Waals surface area contributed by atoms with Crippen molar-refractivity contribution in [1.29, 1.82) is 0 Å². The van der Waals surface area contributed by atoms with Gasteiger partial charge in [-0.2, -0.15) is 0 Å². The van der Waals surface area contributed by atoms with Gasteiger partial charge in [-0.25, -0.2) is 4.79 Å². The van der Waals surface area contributed by atoms with Gasteiger partial charge in [0.15, 0.2) is 0 Å². The molecule has 5 atom stereocenters. The second-order valence-electron chi connectivity index (χ2n) is 13.2. The number of carboxylic acids is 1. The lowest BCUT2D eigenvalue weighted by Gasteiger charge is -2.41. The van der Waals surface area contributed by atoms with Gasteiger partial charge in [0.05, 0.1) is 5.56 Å². The normalized spacial score (nSPS) is 26.4. The zero-order valence-electron chi connectivity index (χ0n) is 25.0. The van der Waals surface area contributed by atoms with E-state index in [0.29, 0.717) is 23.9 Å². The molecule has 1 saturated heterocycles. The molecule has 1 heterocycles. The van der Waals surface area contributed by atoms with E-state index >= 15 is 0 Å². The lowest BCUT2D eigenvalue weighted by molar-refractivity contribution is -0.119. The van der Waals surface area contributed by atoms with Crippen molar-refractivity contribution in [3.63, 3.8) is 0 Å². The SMILES string of the molecule is O=C(O)c1ccc(N2CCN(Cc3ccccc3N(C(=O)CCc3ccccc3)C3CC4CC3C3CCCC43)CC2)cc1. The minimum atomic E-state index is -0.892. The quantitative estimate of drug-likeness (QED) is 0.315. The van der Waals surface area contributed by atoms with Crippen molar-refractivity contribution >= 4 is 23.3 Å². The Hall–Kier alpha value is -3.64. The number of amides is 1. The summed E-state index contributed by atoms with van der Waals surface area (Å²) in [6.07, 6.45) is 7.90. The third-order valence-corrected chi connectivity index (χ3v) is 11.0. The van der Waals surface area contributed by atoms with E-state index in [1.165, 1.54) is 36.8 Å². The van der Waals surface area contributed by atoms with Crippen molar-refractivity contribution < 1.29 is 14.7 Å². The number of hydrogen-bond donors (Lipinski definition) is 1. The molecule has 2 bridgehead atoms. The third-order valence-electron chi connectivity index (χ3n) is 11.0. The molecule has 1 N–H and O–H groups in total. The average Bonchev–Trinajstić information content (AvgIpc) is 3.77. The first-order chi connectivity index (χ1) is 21.0. The second-order valence-corrected chi connectivity index (χ2v) is 13.2. The van der Waals surface area contributed by atoms with Crippen molar-refractivity contribution in [1.82, 2.24) is 4.90 Å². The Bertz CT molecular complexity index is 1430. The number of fused-ring (bicyclic) bond motifs is 5. The minimum Gasteiger partial charge on any atom is -0.478 e. The summed E-state index contributed by atoms with van der Waals surface area (Å²) < 4.78 is 0. The first-order valence-corrected chi connectivity index (χ1v) is 16.3. The highest BCUT2D eigenvalue weighted by Crippen LogP contribution is 2.60. The van der Waals surface area contributed by atoms with E-state index in [2.05, 4.69) is 63.2 Å². The number of benzene rings is 3. The minimum absolute atomic E-state index is 0.276. The Morgan fingerprint density at radius 1 is 0.791 bits per heavy atom. The van der Waals surface area contributed by atoms with Crippen molar-refractivity contribution in [2.45, 2.75) is 57.5 Å². The summed E-state index contributed by atoms with van der Waals surface area (Å²) in [6.45, 7) is 4.47. The Labute approximate surface area is 255 Å². The van der Waals surface area contributed by atoms with Crippen LogP contribution in [0.5, 0.6) is 0 Å². The van der Waals surface area contributed by atoms with Gasteiger partial charge in [0.25, 0.3) is 0 Å². The molecule has 6 nitrogen and oxygen atoms in total. The molecule has 3 aliphatic carbocycles. The number of carbonyl (C=O) groups excluding carboxylic acids is 1. The summed E-state index contributed by atoms with van der Waals surface area (Å²) in [7, 11) is 0. The largest absolute Gasteiger partial charge is 0.478 e. The number of carbonyl (C=O) groups is 2. The molecular formula is C37H43N3O3. The molecule has 6 heteroatoms. The highest BCUT2D eigenvalue weighted by atomic mass is 16.4. The number of carboxylic acid groups (broad SMARTS) is 1. The van der Waals surface area contributed by atoms with Crippen LogP contribution in [0.1, 0.15) is 60.0 Å². The first-order valence-electron chi connectivity index (χ1n) is 16.3. The van der Waals surface area contributed by atoms with Crippen molar-refractivity contribution in [2.75, 3.05) is 36.0 Å². The summed E-state index contributed by atoms with van der Waals surface area (Å²) in [5.74, 6) is 2.51. The zero-order chi connectivity index (χ0) is 29.3. The smallest absolute Gasteiger partial charge is 0.335 e. The molecule has 4 fully saturated rings. The van der Waals surface area contributed by atoms with Crippen LogP contribution >= 0.6 is 0 Å². The van der Waals surface area contributed by atoms with Gasteiger partial charge in [-0.1, -0.05) is 55.0 Å². The standard InChI is InChI=1S/C37H43N3O3/c41-36(18-13-26-7-2-1-3-8-26)40(35-24-29-23-33(35)32-11-6-10-31(29)32)34-12-5-4-9-28(34)25-38-19-21-39(22-20-38)30-16-14-27(15-17-30)37(42)43/h1-5,7-9,12,14-17,29,31-33,35H,6,10-11,13,18-25H2,(H,42,43). The maximum absolute atomic E-state index is 14.3. The van der Waals surface area contributed by atoms with Crippen LogP contribution in [-0.2, 0) is 17.8 Å². The number of para-hydroxylation sites is 1. The number of hydrogen-bond acceptors (Lipinski definition) is 4. The van der Waals surface area contributed by atoms with Gasteiger partial charge in [-0.05, 0) is 97.2 Å². The maximum Gasteiger partial charge on any atom is 0.335 e. The van der Waals surface area contributed by atoms with Crippen LogP contribution in [0, 0.1) is 23.7 Å². The van der Waals surface area contributed by atoms with Crippen molar-refractivity contribution in [3.05, 3.63) is 95.6 Å². The highest BCUT2D eigenvalue weighted by Gasteiger charge is 2.56. The molecule has 3 aromatic rings. The summed E-state index contributed by atoms with van der Waals surface area (Å²) in [4.78, 5) is 32.6. The molecular weight excluding hydrogens is 534 g/mol. The van der Waals surface area contributed by atoms with E-state index in [1.807, 2.05) is 18.2 Å². The molecule has 7 rings (SSSR count). The molecule has 0 aromatic heterocycles. The predicted octanol–water partition coefficient (Wildman–Crippen LogP) is 6.50. The molecule has 4 aliphatic rings. The molecule has 5 unspecified atom stereocenters. The topological polar surface area (TPSA) is 64.1 Å². The Morgan fingerprint density at radius 2 is 1.51 bits per heavy atom. The monoisotopic (exact) mass is 577 g/mol. The number of anilines is 2. The highest BCUT2D eigenvalue weighted by molar-refractivity contribution is 5.95. The van der Waals surface area contributed by atoms with E-state index < -0.39 is 5.97 Å². The molecule has 3 saturated carbocycles. The fraction of sp³-hybridized carbons (Fsp3) is 0.459. The van der Waals surface area contributed by atoms with E-state index in [0.717, 1.165) is 74.7 Å². The predicted molar refractivity (Wildman–Crippen MR) is 170 cm³/mol. The van der Waals surface area contributed by atoms with Gasteiger partial charge in [-0.15, -0.1) is 0 Å². The number of piperazine rings is 1. The van der Waals surface area contributed by atoms with E-state index in [1.54, 1.807) is 12.1 Å². The molecule has 0 radical (unpaired) electrons. The van der Waals surface area contributed by atoms with Gasteiger partial charge in [0.2, 0.25) is 5.91 Å². The molecule has 1 amide bonds. The molecule has 1 aliphatic heterocycles. The number of aromatic carboxylic acids is 1. The summed E-state index contributed by atoms with van der Waals surface area (Å²) in [5, 5.41) is 9.23. The molecule has 224 valence electrons. The lowest BCUT2D eigenvalue weighted by Crippen LogP contribution is -2.48. The Morgan fingerprint density at radius 3 is 2.28 bits per heavy atom. The van der Waals surface area contributed by atoms with Crippen LogP contribution in [-0.4, -0.2) is 54.1 Å². The number of nitrogens with zero attached hydrogens (tertiary/aromatic N) is 3. The van der Waals surface area contributed by atoms with Crippen LogP contribution in [0.4, 0.5) is 11.4 Å². The van der Waals surface area contributed by atoms with Gasteiger partial charge in [-0.3, -0.25) is 9.69 Å².